The van der Waals surface area contributed by atoms with Gasteiger partial charge in [0.1, 0.15) is 5.82 Å². The van der Waals surface area contributed by atoms with Gasteiger partial charge in [-0.25, -0.2) is 4.39 Å². The van der Waals surface area contributed by atoms with Crippen molar-refractivity contribution in [2.45, 2.75) is 13.8 Å². The summed E-state index contributed by atoms with van der Waals surface area (Å²) in [7, 11) is 0. The number of hydrogen-bond acceptors (Lipinski definition) is 4. The third-order valence-corrected chi connectivity index (χ3v) is 2.92. The van der Waals surface area contributed by atoms with E-state index in [1.807, 2.05) is 0 Å². The largest absolute Gasteiger partial charge is 0.337 e. The van der Waals surface area contributed by atoms with E-state index >= 15 is 0 Å². The summed E-state index contributed by atoms with van der Waals surface area (Å²) in [6.45, 7) is 4.92. The molecule has 4 nitrogen and oxygen atoms in total. The summed E-state index contributed by atoms with van der Waals surface area (Å²) in [4.78, 5) is 4.20. The van der Waals surface area contributed by atoms with Crippen molar-refractivity contribution in [1.29, 1.82) is 0 Å². The Morgan fingerprint density at radius 1 is 1.44 bits per heavy atom. The van der Waals surface area contributed by atoms with E-state index in [1.54, 1.807) is 6.07 Å². The SMILES string of the molecule is CC(C)CNc1nc(-c2ccc(F)cc2Br)no1. The van der Waals surface area contributed by atoms with Gasteiger partial charge in [0.15, 0.2) is 0 Å². The number of anilines is 1. The molecule has 0 atom stereocenters. The number of rotatable bonds is 4. The number of aromatic nitrogens is 2. The lowest BCUT2D eigenvalue weighted by Crippen LogP contribution is -2.07. The molecule has 2 rings (SSSR count). The maximum absolute atomic E-state index is 13.0. The molecule has 0 aliphatic rings. The van der Waals surface area contributed by atoms with Crippen LogP contribution in [0.25, 0.3) is 11.4 Å². The van der Waals surface area contributed by atoms with E-state index < -0.39 is 0 Å². The third kappa shape index (κ3) is 3.07. The van der Waals surface area contributed by atoms with Crippen LogP contribution in [0.3, 0.4) is 0 Å². The lowest BCUT2D eigenvalue weighted by Gasteiger charge is -2.02. The van der Waals surface area contributed by atoms with Crippen LogP contribution in [0.1, 0.15) is 13.8 Å². The predicted molar refractivity (Wildman–Crippen MR) is 70.7 cm³/mol. The molecule has 0 aliphatic carbocycles. The van der Waals surface area contributed by atoms with Gasteiger partial charge >= 0.3 is 6.01 Å². The standard InChI is InChI=1S/C12H13BrFN3O/c1-7(2)6-15-12-16-11(17-18-12)9-4-3-8(14)5-10(9)13/h3-5,7H,6H2,1-2H3,(H,15,16,17). The fraction of sp³-hybridized carbons (Fsp3) is 0.333. The van der Waals surface area contributed by atoms with Crippen LogP contribution in [0.5, 0.6) is 0 Å². The number of hydrogen-bond donors (Lipinski definition) is 1. The van der Waals surface area contributed by atoms with Gasteiger partial charge in [-0.3, -0.25) is 0 Å². The Morgan fingerprint density at radius 2 is 2.22 bits per heavy atom. The molecule has 0 spiro atoms. The highest BCUT2D eigenvalue weighted by Gasteiger charge is 2.12. The normalized spacial score (nSPS) is 10.9. The van der Waals surface area contributed by atoms with Crippen LogP contribution in [0.4, 0.5) is 10.4 Å². The summed E-state index contributed by atoms with van der Waals surface area (Å²) in [5.74, 6) is 0.596. The number of nitrogens with zero attached hydrogens (tertiary/aromatic N) is 2. The van der Waals surface area contributed by atoms with E-state index in [1.165, 1.54) is 12.1 Å². The molecule has 0 aliphatic heterocycles. The van der Waals surface area contributed by atoms with Gasteiger partial charge in [-0.15, -0.1) is 0 Å². The molecule has 0 unspecified atom stereocenters. The van der Waals surface area contributed by atoms with Crippen LogP contribution in [0, 0.1) is 11.7 Å². The Balaban J connectivity index is 2.18. The van der Waals surface area contributed by atoms with Crippen molar-refractivity contribution < 1.29 is 8.91 Å². The van der Waals surface area contributed by atoms with Gasteiger partial charge in [0.05, 0.1) is 0 Å². The number of nitrogens with one attached hydrogen (secondary N) is 1. The van der Waals surface area contributed by atoms with E-state index in [0.29, 0.717) is 27.8 Å². The minimum Gasteiger partial charge on any atom is -0.337 e. The summed E-state index contributed by atoms with van der Waals surface area (Å²) in [6.07, 6.45) is 0. The van der Waals surface area contributed by atoms with Gasteiger partial charge in [0.25, 0.3) is 0 Å². The summed E-state index contributed by atoms with van der Waals surface area (Å²) in [5, 5.41) is 6.89. The number of benzene rings is 1. The molecule has 6 heteroatoms. The zero-order valence-corrected chi connectivity index (χ0v) is 11.7. The van der Waals surface area contributed by atoms with E-state index in [0.717, 1.165) is 6.54 Å². The second-order valence-corrected chi connectivity index (χ2v) is 5.18. The van der Waals surface area contributed by atoms with Crippen molar-refractivity contribution in [1.82, 2.24) is 10.1 Å². The van der Waals surface area contributed by atoms with E-state index in [2.05, 4.69) is 45.2 Å². The molecule has 0 saturated carbocycles. The zero-order chi connectivity index (χ0) is 13.1. The van der Waals surface area contributed by atoms with Gasteiger partial charge in [-0.2, -0.15) is 4.98 Å². The Morgan fingerprint density at radius 3 is 2.89 bits per heavy atom. The molecule has 0 bridgehead atoms. The molecule has 1 heterocycles. The smallest absolute Gasteiger partial charge is 0.321 e. The monoisotopic (exact) mass is 313 g/mol. The third-order valence-electron chi connectivity index (χ3n) is 2.26. The van der Waals surface area contributed by atoms with Crippen molar-refractivity contribution >= 4 is 21.9 Å². The summed E-state index contributed by atoms with van der Waals surface area (Å²) in [5.41, 5.74) is 0.692. The molecule has 0 amide bonds. The molecule has 96 valence electrons. The van der Waals surface area contributed by atoms with E-state index in [4.69, 9.17) is 4.52 Å². The maximum Gasteiger partial charge on any atom is 0.321 e. The molecule has 1 aromatic heterocycles. The molecule has 18 heavy (non-hydrogen) atoms. The highest BCUT2D eigenvalue weighted by Crippen LogP contribution is 2.27. The van der Waals surface area contributed by atoms with Crippen LogP contribution in [0.15, 0.2) is 27.2 Å². The predicted octanol–water partition coefficient (Wildman–Crippen LogP) is 3.71. The van der Waals surface area contributed by atoms with Crippen molar-refractivity contribution in [2.75, 3.05) is 11.9 Å². The van der Waals surface area contributed by atoms with Gasteiger partial charge in [0.2, 0.25) is 5.82 Å². The van der Waals surface area contributed by atoms with Crippen LogP contribution >= 0.6 is 15.9 Å². The van der Waals surface area contributed by atoms with Gasteiger partial charge < -0.3 is 9.84 Å². The van der Waals surface area contributed by atoms with E-state index in [-0.39, 0.29) is 5.82 Å². The zero-order valence-electron chi connectivity index (χ0n) is 10.1. The first-order chi connectivity index (χ1) is 8.56. The van der Waals surface area contributed by atoms with Crippen molar-refractivity contribution in [3.63, 3.8) is 0 Å². The lowest BCUT2D eigenvalue weighted by atomic mass is 10.2. The highest BCUT2D eigenvalue weighted by atomic mass is 79.9. The molecule has 0 saturated heterocycles. The summed E-state index contributed by atoms with van der Waals surface area (Å²) < 4.78 is 18.6. The topological polar surface area (TPSA) is 51.0 Å². The first kappa shape index (κ1) is 13.0. The minimum absolute atomic E-state index is 0.313. The van der Waals surface area contributed by atoms with E-state index in [9.17, 15) is 4.39 Å². The highest BCUT2D eigenvalue weighted by molar-refractivity contribution is 9.10. The Labute approximate surface area is 113 Å². The molecule has 0 fully saturated rings. The van der Waals surface area contributed by atoms with Crippen LogP contribution in [-0.2, 0) is 0 Å². The quantitative estimate of drug-likeness (QED) is 0.935. The molecular formula is C12H13BrFN3O. The molecule has 2 aromatic rings. The average Bonchev–Trinajstić information content (AvgIpc) is 2.75. The van der Waals surface area contributed by atoms with Gasteiger partial charge in [0, 0.05) is 16.6 Å². The molecular weight excluding hydrogens is 301 g/mol. The minimum atomic E-state index is -0.313. The summed E-state index contributed by atoms with van der Waals surface area (Å²) in [6, 6.07) is 4.70. The average molecular weight is 314 g/mol. The van der Waals surface area contributed by atoms with Crippen LogP contribution in [-0.4, -0.2) is 16.7 Å². The van der Waals surface area contributed by atoms with Crippen LogP contribution in [0.2, 0.25) is 0 Å². The second-order valence-electron chi connectivity index (χ2n) is 4.32. The first-order valence-corrected chi connectivity index (χ1v) is 6.38. The Hall–Kier alpha value is -1.43. The fourth-order valence-corrected chi connectivity index (χ4v) is 1.90. The van der Waals surface area contributed by atoms with Crippen molar-refractivity contribution in [2.24, 2.45) is 5.92 Å². The Bertz CT molecular complexity index is 542. The fourth-order valence-electron chi connectivity index (χ4n) is 1.37. The lowest BCUT2D eigenvalue weighted by molar-refractivity contribution is 0.429. The van der Waals surface area contributed by atoms with Crippen molar-refractivity contribution in [3.8, 4) is 11.4 Å². The van der Waals surface area contributed by atoms with Crippen LogP contribution < -0.4 is 5.32 Å². The maximum atomic E-state index is 13.0. The number of halogens is 2. The second kappa shape index (κ2) is 5.48. The Kier molecular flexibility index (Phi) is 3.96. The molecule has 0 radical (unpaired) electrons. The first-order valence-electron chi connectivity index (χ1n) is 5.59. The molecule has 1 aromatic carbocycles. The van der Waals surface area contributed by atoms with Gasteiger partial charge in [-0.1, -0.05) is 19.0 Å². The molecule has 1 N–H and O–H groups in total. The summed E-state index contributed by atoms with van der Waals surface area (Å²) >= 11 is 3.27. The van der Waals surface area contributed by atoms with Crippen molar-refractivity contribution in [3.05, 3.63) is 28.5 Å². The van der Waals surface area contributed by atoms with Gasteiger partial charge in [-0.05, 0) is 40.0 Å².